The first kappa shape index (κ1) is 16.5. The molecule has 0 aliphatic carbocycles. The average Bonchev–Trinajstić information content (AvgIpc) is 2.42. The van der Waals surface area contributed by atoms with Crippen molar-refractivity contribution in [1.82, 2.24) is 4.90 Å². The van der Waals surface area contributed by atoms with E-state index < -0.39 is 11.7 Å². The number of benzene rings is 1. The molecule has 0 unspecified atom stereocenters. The van der Waals surface area contributed by atoms with E-state index in [2.05, 4.69) is 0 Å². The molecule has 0 saturated carbocycles. The van der Waals surface area contributed by atoms with Crippen LogP contribution in [0.25, 0.3) is 0 Å². The van der Waals surface area contributed by atoms with E-state index in [9.17, 15) is 18.0 Å². The van der Waals surface area contributed by atoms with Crippen LogP contribution in [-0.4, -0.2) is 30.4 Å². The first-order valence-electron chi connectivity index (χ1n) is 6.56. The second-order valence-corrected chi connectivity index (χ2v) is 4.51. The molecule has 1 aromatic carbocycles. The Hall–Kier alpha value is -1.56. The van der Waals surface area contributed by atoms with Gasteiger partial charge in [0.15, 0.2) is 0 Å². The molecule has 0 bridgehead atoms. The fraction of sp³-hybridized carbons (Fsp3) is 0.500. The van der Waals surface area contributed by atoms with Gasteiger partial charge in [0.2, 0.25) is 0 Å². The maximum atomic E-state index is 12.5. The second-order valence-electron chi connectivity index (χ2n) is 4.51. The van der Waals surface area contributed by atoms with Crippen molar-refractivity contribution in [2.45, 2.75) is 25.9 Å². The topological polar surface area (TPSA) is 46.3 Å². The standard InChI is InChI=1S/C14H19F3N2O/c1-2-3-9-19(10-8-18)13(20)11-4-6-12(7-5-11)14(15,16)17/h4-7H,2-3,8-10,18H2,1H3. The first-order valence-corrected chi connectivity index (χ1v) is 6.56. The van der Waals surface area contributed by atoms with E-state index in [-0.39, 0.29) is 11.5 Å². The van der Waals surface area contributed by atoms with Crippen LogP contribution >= 0.6 is 0 Å². The lowest BCUT2D eigenvalue weighted by Crippen LogP contribution is -2.36. The van der Waals surface area contributed by atoms with Crippen LogP contribution in [0.2, 0.25) is 0 Å². The van der Waals surface area contributed by atoms with Crippen LogP contribution in [0.4, 0.5) is 13.2 Å². The minimum Gasteiger partial charge on any atom is -0.337 e. The Labute approximate surface area is 116 Å². The molecule has 6 heteroatoms. The number of halogens is 3. The fourth-order valence-electron chi connectivity index (χ4n) is 1.80. The number of hydrogen-bond acceptors (Lipinski definition) is 2. The minimum atomic E-state index is -4.39. The molecule has 112 valence electrons. The van der Waals surface area contributed by atoms with Gasteiger partial charge in [0.25, 0.3) is 5.91 Å². The van der Waals surface area contributed by atoms with E-state index in [1.54, 1.807) is 4.90 Å². The Morgan fingerprint density at radius 2 is 1.80 bits per heavy atom. The Bertz CT molecular complexity index is 429. The molecule has 0 heterocycles. The van der Waals surface area contributed by atoms with E-state index in [0.29, 0.717) is 19.6 Å². The Morgan fingerprint density at radius 3 is 2.25 bits per heavy atom. The summed E-state index contributed by atoms with van der Waals surface area (Å²) in [5, 5.41) is 0. The van der Waals surface area contributed by atoms with Crippen LogP contribution in [0, 0.1) is 0 Å². The number of hydrogen-bond donors (Lipinski definition) is 1. The molecule has 0 atom stereocenters. The molecule has 1 amide bonds. The van der Waals surface area contributed by atoms with Crippen molar-refractivity contribution >= 4 is 5.91 Å². The first-order chi connectivity index (χ1) is 9.40. The number of nitrogens with zero attached hydrogens (tertiary/aromatic N) is 1. The van der Waals surface area contributed by atoms with Gasteiger partial charge in [-0.05, 0) is 30.7 Å². The number of alkyl halides is 3. The third kappa shape index (κ3) is 4.52. The lowest BCUT2D eigenvalue weighted by molar-refractivity contribution is -0.137. The van der Waals surface area contributed by atoms with Crippen molar-refractivity contribution in [3.05, 3.63) is 35.4 Å². The van der Waals surface area contributed by atoms with E-state index in [4.69, 9.17) is 5.73 Å². The quantitative estimate of drug-likeness (QED) is 0.875. The highest BCUT2D eigenvalue weighted by Gasteiger charge is 2.30. The van der Waals surface area contributed by atoms with E-state index >= 15 is 0 Å². The number of rotatable bonds is 6. The molecular formula is C14H19F3N2O. The highest BCUT2D eigenvalue weighted by atomic mass is 19.4. The van der Waals surface area contributed by atoms with Crippen LogP contribution in [-0.2, 0) is 6.18 Å². The van der Waals surface area contributed by atoms with Crippen LogP contribution in [0.1, 0.15) is 35.7 Å². The van der Waals surface area contributed by atoms with Crippen molar-refractivity contribution in [3.8, 4) is 0 Å². The fourth-order valence-corrected chi connectivity index (χ4v) is 1.80. The SMILES string of the molecule is CCCCN(CCN)C(=O)c1ccc(C(F)(F)F)cc1. The highest BCUT2D eigenvalue weighted by molar-refractivity contribution is 5.94. The number of unbranched alkanes of at least 4 members (excludes halogenated alkanes) is 1. The minimum absolute atomic E-state index is 0.252. The average molecular weight is 288 g/mol. The van der Waals surface area contributed by atoms with Gasteiger partial charge < -0.3 is 10.6 Å². The van der Waals surface area contributed by atoms with Crippen molar-refractivity contribution in [2.24, 2.45) is 5.73 Å². The Morgan fingerprint density at radius 1 is 1.20 bits per heavy atom. The lowest BCUT2D eigenvalue weighted by atomic mass is 10.1. The predicted octanol–water partition coefficient (Wildman–Crippen LogP) is 2.91. The largest absolute Gasteiger partial charge is 0.416 e. The molecule has 3 nitrogen and oxygen atoms in total. The summed E-state index contributed by atoms with van der Waals surface area (Å²) < 4.78 is 37.4. The van der Waals surface area contributed by atoms with Gasteiger partial charge in [-0.3, -0.25) is 4.79 Å². The van der Waals surface area contributed by atoms with Crippen molar-refractivity contribution in [1.29, 1.82) is 0 Å². The number of carbonyl (C=O) groups excluding carboxylic acids is 1. The zero-order valence-electron chi connectivity index (χ0n) is 11.4. The third-order valence-electron chi connectivity index (χ3n) is 2.93. The van der Waals surface area contributed by atoms with Crippen molar-refractivity contribution < 1.29 is 18.0 Å². The van der Waals surface area contributed by atoms with Gasteiger partial charge in [-0.25, -0.2) is 0 Å². The summed E-state index contributed by atoms with van der Waals surface area (Å²) in [5.74, 6) is -0.280. The molecule has 0 aliphatic rings. The van der Waals surface area contributed by atoms with E-state index in [1.807, 2.05) is 6.92 Å². The van der Waals surface area contributed by atoms with Gasteiger partial charge in [0, 0.05) is 25.2 Å². The summed E-state index contributed by atoms with van der Waals surface area (Å²) in [5.41, 5.74) is 4.95. The van der Waals surface area contributed by atoms with Gasteiger partial charge in [0.05, 0.1) is 5.56 Å². The smallest absolute Gasteiger partial charge is 0.337 e. The molecule has 0 aliphatic heterocycles. The molecule has 1 aromatic rings. The summed E-state index contributed by atoms with van der Waals surface area (Å²) in [6, 6.07) is 4.27. The Kier molecular flexibility index (Phi) is 6.01. The molecule has 0 saturated heterocycles. The Balaban J connectivity index is 2.83. The van der Waals surface area contributed by atoms with Crippen LogP contribution in [0.15, 0.2) is 24.3 Å². The van der Waals surface area contributed by atoms with Gasteiger partial charge in [-0.15, -0.1) is 0 Å². The number of nitrogens with two attached hydrogens (primary N) is 1. The van der Waals surface area contributed by atoms with Crippen molar-refractivity contribution in [2.75, 3.05) is 19.6 Å². The molecule has 0 fully saturated rings. The zero-order valence-corrected chi connectivity index (χ0v) is 11.4. The normalized spacial score (nSPS) is 11.4. The van der Waals surface area contributed by atoms with Gasteiger partial charge in [0.1, 0.15) is 0 Å². The van der Waals surface area contributed by atoms with Gasteiger partial charge in [-0.2, -0.15) is 13.2 Å². The molecule has 0 spiro atoms. The van der Waals surface area contributed by atoms with E-state index in [0.717, 1.165) is 25.0 Å². The molecular weight excluding hydrogens is 269 g/mol. The summed E-state index contributed by atoms with van der Waals surface area (Å²) in [4.78, 5) is 13.8. The van der Waals surface area contributed by atoms with Crippen LogP contribution in [0.3, 0.4) is 0 Å². The maximum absolute atomic E-state index is 12.5. The van der Waals surface area contributed by atoms with Crippen LogP contribution < -0.4 is 5.73 Å². The predicted molar refractivity (Wildman–Crippen MR) is 71.3 cm³/mol. The maximum Gasteiger partial charge on any atom is 0.416 e. The molecule has 20 heavy (non-hydrogen) atoms. The number of carbonyl (C=O) groups is 1. The molecule has 0 radical (unpaired) electrons. The summed E-state index contributed by atoms with van der Waals surface area (Å²) in [6.07, 6.45) is -2.62. The summed E-state index contributed by atoms with van der Waals surface area (Å²) >= 11 is 0. The number of amides is 1. The second kappa shape index (κ2) is 7.28. The highest BCUT2D eigenvalue weighted by Crippen LogP contribution is 2.29. The third-order valence-corrected chi connectivity index (χ3v) is 2.93. The van der Waals surface area contributed by atoms with Crippen molar-refractivity contribution in [3.63, 3.8) is 0 Å². The lowest BCUT2D eigenvalue weighted by Gasteiger charge is -2.22. The summed E-state index contributed by atoms with van der Waals surface area (Å²) in [6.45, 7) is 3.30. The van der Waals surface area contributed by atoms with E-state index in [1.165, 1.54) is 12.1 Å². The van der Waals surface area contributed by atoms with Gasteiger partial charge in [-0.1, -0.05) is 13.3 Å². The zero-order chi connectivity index (χ0) is 15.2. The monoisotopic (exact) mass is 288 g/mol. The van der Waals surface area contributed by atoms with Gasteiger partial charge >= 0.3 is 6.18 Å². The summed E-state index contributed by atoms with van der Waals surface area (Å²) in [7, 11) is 0. The van der Waals surface area contributed by atoms with Crippen LogP contribution in [0.5, 0.6) is 0 Å². The molecule has 1 rings (SSSR count). The molecule has 2 N–H and O–H groups in total. The molecule has 0 aromatic heterocycles.